The van der Waals surface area contributed by atoms with E-state index in [-0.39, 0.29) is 24.9 Å². The van der Waals surface area contributed by atoms with Crippen LogP contribution < -0.4 is 15.5 Å². The molecule has 0 bridgehead atoms. The summed E-state index contributed by atoms with van der Waals surface area (Å²) in [7, 11) is 3.70. The highest BCUT2D eigenvalue weighted by Gasteiger charge is 2.13. The van der Waals surface area contributed by atoms with Crippen molar-refractivity contribution in [3.05, 3.63) is 90.5 Å². The highest BCUT2D eigenvalue weighted by molar-refractivity contribution is 5.95. The normalized spacial score (nSPS) is 10.3. The zero-order valence-electron chi connectivity index (χ0n) is 17.9. The second kappa shape index (κ2) is 10.8. The SMILES string of the molecule is CN(Cc1ccccc1)C(=O)NCCC(=O)Nc1ccccc1N(C)c1ccccc1. The molecule has 3 aromatic carbocycles. The summed E-state index contributed by atoms with van der Waals surface area (Å²) in [5.41, 5.74) is 3.70. The molecule has 31 heavy (non-hydrogen) atoms. The second-order valence-electron chi connectivity index (χ2n) is 7.28. The lowest BCUT2D eigenvalue weighted by molar-refractivity contribution is -0.116. The van der Waals surface area contributed by atoms with Crippen molar-refractivity contribution in [3.63, 3.8) is 0 Å². The van der Waals surface area contributed by atoms with Crippen LogP contribution in [-0.4, -0.2) is 37.5 Å². The molecule has 0 saturated heterocycles. The molecule has 160 valence electrons. The van der Waals surface area contributed by atoms with Gasteiger partial charge in [0.15, 0.2) is 0 Å². The maximum absolute atomic E-state index is 12.5. The summed E-state index contributed by atoms with van der Waals surface area (Å²) >= 11 is 0. The lowest BCUT2D eigenvalue weighted by Gasteiger charge is -2.23. The van der Waals surface area contributed by atoms with Crippen molar-refractivity contribution in [2.45, 2.75) is 13.0 Å². The fourth-order valence-corrected chi connectivity index (χ4v) is 3.22. The Bertz CT molecular complexity index is 993. The fourth-order valence-electron chi connectivity index (χ4n) is 3.22. The summed E-state index contributed by atoms with van der Waals surface area (Å²) in [6, 6.07) is 27.2. The van der Waals surface area contributed by atoms with Gasteiger partial charge in [0.1, 0.15) is 0 Å². The van der Waals surface area contributed by atoms with Gasteiger partial charge in [-0.1, -0.05) is 60.7 Å². The number of urea groups is 1. The molecule has 6 nitrogen and oxygen atoms in total. The van der Waals surface area contributed by atoms with Crippen LogP contribution in [0.25, 0.3) is 0 Å². The Morgan fingerprint density at radius 2 is 1.42 bits per heavy atom. The topological polar surface area (TPSA) is 64.7 Å². The molecule has 3 aromatic rings. The molecule has 0 radical (unpaired) electrons. The summed E-state index contributed by atoms with van der Waals surface area (Å²) < 4.78 is 0. The number of rotatable bonds is 8. The van der Waals surface area contributed by atoms with Gasteiger partial charge in [-0.3, -0.25) is 4.79 Å². The van der Waals surface area contributed by atoms with Gasteiger partial charge in [0.25, 0.3) is 0 Å². The number of amides is 3. The minimum Gasteiger partial charge on any atom is -0.343 e. The van der Waals surface area contributed by atoms with Gasteiger partial charge in [0.2, 0.25) is 5.91 Å². The fraction of sp³-hybridized carbons (Fsp3) is 0.200. The molecule has 0 fully saturated rings. The average Bonchev–Trinajstić information content (AvgIpc) is 2.80. The number of hydrogen-bond donors (Lipinski definition) is 2. The van der Waals surface area contributed by atoms with Crippen LogP contribution in [0, 0.1) is 0 Å². The molecule has 2 N–H and O–H groups in total. The molecule has 0 heterocycles. The first kappa shape index (κ1) is 21.9. The first-order valence-electron chi connectivity index (χ1n) is 10.2. The van der Waals surface area contributed by atoms with Crippen LogP contribution in [-0.2, 0) is 11.3 Å². The maximum Gasteiger partial charge on any atom is 0.317 e. The van der Waals surface area contributed by atoms with E-state index in [2.05, 4.69) is 10.6 Å². The average molecular weight is 417 g/mol. The summed E-state index contributed by atoms with van der Waals surface area (Å²) in [6.07, 6.45) is 0.189. The van der Waals surface area contributed by atoms with Gasteiger partial charge in [-0.15, -0.1) is 0 Å². The third kappa shape index (κ3) is 6.34. The van der Waals surface area contributed by atoms with Gasteiger partial charge in [-0.25, -0.2) is 4.79 Å². The van der Waals surface area contributed by atoms with Crippen molar-refractivity contribution in [3.8, 4) is 0 Å². The molecule has 3 rings (SSSR count). The zero-order chi connectivity index (χ0) is 22.1. The number of nitrogens with one attached hydrogen (secondary N) is 2. The molecule has 0 aromatic heterocycles. The number of anilines is 3. The first-order valence-corrected chi connectivity index (χ1v) is 10.2. The molecular weight excluding hydrogens is 388 g/mol. The van der Waals surface area contributed by atoms with Crippen LogP contribution in [0.1, 0.15) is 12.0 Å². The molecule has 3 amide bonds. The molecule has 0 aliphatic heterocycles. The third-order valence-electron chi connectivity index (χ3n) is 4.92. The maximum atomic E-state index is 12.5. The van der Waals surface area contributed by atoms with E-state index in [1.165, 1.54) is 0 Å². The van der Waals surface area contributed by atoms with E-state index in [0.717, 1.165) is 22.6 Å². The Morgan fingerprint density at radius 3 is 2.13 bits per heavy atom. The predicted molar refractivity (Wildman–Crippen MR) is 126 cm³/mol. The number of carbonyl (C=O) groups is 2. The first-order chi connectivity index (χ1) is 15.0. The van der Waals surface area contributed by atoms with Crippen molar-refractivity contribution >= 4 is 29.0 Å². The van der Waals surface area contributed by atoms with Crippen LogP contribution in [0.2, 0.25) is 0 Å². The summed E-state index contributed by atoms with van der Waals surface area (Å²) in [6.45, 7) is 0.776. The quantitative estimate of drug-likeness (QED) is 0.563. The van der Waals surface area contributed by atoms with Gasteiger partial charge < -0.3 is 20.4 Å². The van der Waals surface area contributed by atoms with E-state index in [1.807, 2.05) is 96.9 Å². The van der Waals surface area contributed by atoms with Crippen LogP contribution >= 0.6 is 0 Å². The largest absolute Gasteiger partial charge is 0.343 e. The standard InChI is InChI=1S/C25H28N4O2/c1-28(19-20-11-5-3-6-12-20)25(31)26-18-17-24(30)27-22-15-9-10-16-23(22)29(2)21-13-7-4-8-14-21/h3-16H,17-19H2,1-2H3,(H,26,31)(H,27,30). The van der Waals surface area contributed by atoms with E-state index in [1.54, 1.807) is 11.9 Å². The highest BCUT2D eigenvalue weighted by Crippen LogP contribution is 2.30. The summed E-state index contributed by atoms with van der Waals surface area (Å²) in [4.78, 5) is 28.4. The van der Waals surface area contributed by atoms with Crippen molar-refractivity contribution < 1.29 is 9.59 Å². The smallest absolute Gasteiger partial charge is 0.317 e. The van der Waals surface area contributed by atoms with E-state index in [0.29, 0.717) is 6.54 Å². The Morgan fingerprint density at radius 1 is 0.806 bits per heavy atom. The van der Waals surface area contributed by atoms with E-state index in [9.17, 15) is 9.59 Å². The zero-order valence-corrected chi connectivity index (χ0v) is 17.9. The van der Waals surface area contributed by atoms with E-state index >= 15 is 0 Å². The van der Waals surface area contributed by atoms with Crippen LogP contribution in [0.4, 0.5) is 21.9 Å². The molecule has 0 aliphatic rings. The number of carbonyl (C=O) groups excluding carboxylic acids is 2. The molecular formula is C25H28N4O2. The lowest BCUT2D eigenvalue weighted by Crippen LogP contribution is -2.38. The Hall–Kier alpha value is -3.80. The molecule has 0 aliphatic carbocycles. The second-order valence-corrected chi connectivity index (χ2v) is 7.28. The van der Waals surface area contributed by atoms with E-state index < -0.39 is 0 Å². The van der Waals surface area contributed by atoms with Crippen LogP contribution in [0.3, 0.4) is 0 Å². The number of benzene rings is 3. The predicted octanol–water partition coefficient (Wildman–Crippen LogP) is 4.62. The van der Waals surface area contributed by atoms with Crippen LogP contribution in [0.15, 0.2) is 84.9 Å². The van der Waals surface area contributed by atoms with Gasteiger partial charge in [-0.05, 0) is 29.8 Å². The molecule has 0 saturated carbocycles. The van der Waals surface area contributed by atoms with Gasteiger partial charge in [0, 0.05) is 39.3 Å². The van der Waals surface area contributed by atoms with Crippen molar-refractivity contribution in [1.29, 1.82) is 0 Å². The molecule has 0 spiro atoms. The van der Waals surface area contributed by atoms with Gasteiger partial charge in [-0.2, -0.15) is 0 Å². The van der Waals surface area contributed by atoms with Crippen molar-refractivity contribution in [2.24, 2.45) is 0 Å². The van der Waals surface area contributed by atoms with Crippen molar-refractivity contribution in [2.75, 3.05) is 30.9 Å². The molecule has 6 heteroatoms. The summed E-state index contributed by atoms with van der Waals surface area (Å²) in [5, 5.41) is 5.76. The number of nitrogens with zero attached hydrogens (tertiary/aromatic N) is 2. The molecule has 0 unspecified atom stereocenters. The van der Waals surface area contributed by atoms with Crippen LogP contribution in [0.5, 0.6) is 0 Å². The van der Waals surface area contributed by atoms with Gasteiger partial charge >= 0.3 is 6.03 Å². The number of para-hydroxylation sites is 3. The Kier molecular flexibility index (Phi) is 7.65. The Labute approximate surface area is 183 Å². The third-order valence-corrected chi connectivity index (χ3v) is 4.92. The Balaban J connectivity index is 1.50. The van der Waals surface area contributed by atoms with Crippen molar-refractivity contribution in [1.82, 2.24) is 10.2 Å². The van der Waals surface area contributed by atoms with E-state index in [4.69, 9.17) is 0 Å². The minimum atomic E-state index is -0.208. The monoisotopic (exact) mass is 416 g/mol. The molecule has 0 atom stereocenters. The summed E-state index contributed by atoms with van der Waals surface area (Å²) in [5.74, 6) is -0.153. The lowest BCUT2D eigenvalue weighted by atomic mass is 10.2. The number of hydrogen-bond acceptors (Lipinski definition) is 3. The minimum absolute atomic E-state index is 0.153. The highest BCUT2D eigenvalue weighted by atomic mass is 16.2. The van der Waals surface area contributed by atoms with Gasteiger partial charge in [0.05, 0.1) is 11.4 Å².